The maximum Gasteiger partial charge on any atom is 0.294 e. The van der Waals surface area contributed by atoms with Crippen LogP contribution in [0.15, 0.2) is 82.5 Å². The number of azide groups is 1. The zero-order valence-electron chi connectivity index (χ0n) is 37.9. The predicted octanol–water partition coefficient (Wildman–Crippen LogP) is 7.70. The Labute approximate surface area is 373 Å². The summed E-state index contributed by atoms with van der Waals surface area (Å²) in [7, 11) is -1.19. The fourth-order valence-corrected chi connectivity index (χ4v) is 8.69. The van der Waals surface area contributed by atoms with Crippen molar-refractivity contribution in [2.24, 2.45) is 5.11 Å². The highest BCUT2D eigenvalue weighted by atomic mass is 32.2. The van der Waals surface area contributed by atoms with Crippen molar-refractivity contribution in [3.05, 3.63) is 99.6 Å². The highest BCUT2D eigenvalue weighted by Gasteiger charge is 2.45. The van der Waals surface area contributed by atoms with Gasteiger partial charge in [-0.1, -0.05) is 42.8 Å². The monoisotopic (exact) mass is 891 g/mol. The van der Waals surface area contributed by atoms with Crippen LogP contribution in [0.1, 0.15) is 89.3 Å². The van der Waals surface area contributed by atoms with E-state index >= 15 is 0 Å². The van der Waals surface area contributed by atoms with Crippen molar-refractivity contribution >= 4 is 38.9 Å². The molecule has 2 aromatic rings. The lowest BCUT2D eigenvalue weighted by molar-refractivity contribution is -0.442. The first-order valence-corrected chi connectivity index (χ1v) is 23.3. The van der Waals surface area contributed by atoms with Crippen molar-refractivity contribution in [2.75, 3.05) is 84.9 Å². The van der Waals surface area contributed by atoms with Gasteiger partial charge in [-0.3, -0.25) is 14.1 Å². The minimum Gasteiger partial charge on any atom is -0.382 e. The third-order valence-corrected chi connectivity index (χ3v) is 12.6. The molecule has 0 saturated carbocycles. The number of amides is 1. The molecule has 0 aliphatic carbocycles. The first-order chi connectivity index (χ1) is 30.2. The number of allylic oxidation sites excluding steroid dienone is 6. The molecule has 0 fully saturated rings. The fraction of sp³-hybridized carbons (Fsp3) is 0.553. The van der Waals surface area contributed by atoms with E-state index in [1.165, 1.54) is 22.9 Å². The van der Waals surface area contributed by atoms with Gasteiger partial charge < -0.3 is 29.2 Å². The van der Waals surface area contributed by atoms with Crippen LogP contribution in [0.3, 0.4) is 0 Å². The Morgan fingerprint density at radius 3 is 2.35 bits per heavy atom. The van der Waals surface area contributed by atoms with Gasteiger partial charge in [-0.15, -0.1) is 0 Å². The number of hydrogen-bond acceptors (Lipinski definition) is 10. The molecular weight excluding hydrogens is 825 g/mol. The molecule has 2 heterocycles. The molecule has 0 radical (unpaired) electrons. The number of rotatable bonds is 29. The van der Waals surface area contributed by atoms with Gasteiger partial charge in [-0.2, -0.15) is 13.0 Å². The second-order valence-electron chi connectivity index (χ2n) is 16.5. The first kappa shape index (κ1) is 51.0. The number of anilines is 1. The molecule has 0 saturated heterocycles. The molecule has 2 aliphatic rings. The molecule has 2 N–H and O–H groups in total. The van der Waals surface area contributed by atoms with Gasteiger partial charge in [-0.25, -0.2) is 0 Å². The van der Waals surface area contributed by atoms with Crippen molar-refractivity contribution in [3.8, 4) is 0 Å². The van der Waals surface area contributed by atoms with Crippen molar-refractivity contribution in [1.82, 2.24) is 5.32 Å². The number of benzene rings is 2. The number of aryl methyl sites for hydroxylation is 1. The smallest absolute Gasteiger partial charge is 0.294 e. The molecule has 344 valence electrons. The van der Waals surface area contributed by atoms with Gasteiger partial charge in [0.15, 0.2) is 12.3 Å². The third kappa shape index (κ3) is 14.2. The number of nitrogens with zero attached hydrogens (tertiary/aromatic N) is 5. The molecule has 0 spiro atoms. The molecule has 15 nitrogen and oxygen atoms in total. The number of ether oxygens (including phenoxy) is 4. The molecule has 2 aromatic carbocycles. The number of unbranched alkanes of at least 4 members (excludes halogenated alkanes) is 2. The molecule has 2 aliphatic heterocycles. The molecule has 1 atom stereocenters. The minimum absolute atomic E-state index is 0.0890. The van der Waals surface area contributed by atoms with Crippen LogP contribution in [0.5, 0.6) is 0 Å². The lowest BCUT2D eigenvalue weighted by Crippen LogP contribution is -2.30. The Hall–Kier alpha value is -4.67. The van der Waals surface area contributed by atoms with Crippen LogP contribution in [-0.2, 0) is 55.9 Å². The Morgan fingerprint density at radius 2 is 1.65 bits per heavy atom. The van der Waals surface area contributed by atoms with Crippen LogP contribution >= 0.6 is 0 Å². The summed E-state index contributed by atoms with van der Waals surface area (Å²) in [5.41, 5.74) is 14.9. The van der Waals surface area contributed by atoms with E-state index in [9.17, 15) is 22.6 Å². The van der Waals surface area contributed by atoms with Crippen molar-refractivity contribution < 1.29 is 46.1 Å². The molecule has 1 unspecified atom stereocenters. The van der Waals surface area contributed by atoms with E-state index in [1.54, 1.807) is 26.4 Å². The van der Waals surface area contributed by atoms with Crippen molar-refractivity contribution in [1.29, 1.82) is 0 Å². The summed E-state index contributed by atoms with van der Waals surface area (Å²) in [6, 6.07) is 11.5. The quantitative estimate of drug-likeness (QED) is 0.0156. The zero-order valence-corrected chi connectivity index (χ0v) is 38.8. The number of hydrogen-bond donors (Lipinski definition) is 2. The molecule has 0 aromatic heterocycles. The molecule has 4 rings (SSSR count). The second kappa shape index (κ2) is 25.0. The highest BCUT2D eigenvalue weighted by molar-refractivity contribution is 7.85. The SMILES string of the molecule is CCc1ccc2c(c1)C(C)(C)C(/C=C/C=C/C=C1/N(CCCCCC(=O)NCCCC(=O)CN=[N+]=[N-])c3ccc(S(=O)(=O)O)cc3C1(C)CCOCCOC)=[N+]2CCOCCOC. The van der Waals surface area contributed by atoms with Gasteiger partial charge >= 0.3 is 0 Å². The standard InChI is InChI=1S/C47H66N6O9S/c1-7-36-19-21-41-39(33-36)46(2,3)43(53(41)26-28-62-32-30-60-6)16-10-8-11-17-44-47(4,23-27-61-31-29-59-5)40-34-38(63(56,57)58)20-22-42(40)52(44)25-13-9-12-18-45(55)49-24-14-15-37(54)35-50-51-48/h8,10-11,16-17,19-22,33-34H,7,9,12-15,18,23-32,35H2,1-6H3,(H-,49,55,56,57,58)/p+1. The summed E-state index contributed by atoms with van der Waals surface area (Å²) in [6.45, 7) is 13.1. The molecular formula is C47H67N6O9S+. The normalized spacial score (nSPS) is 17.5. The number of ketones is 1. The number of carbonyl (C=O) groups is 2. The fourth-order valence-electron chi connectivity index (χ4n) is 8.18. The lowest BCUT2D eigenvalue weighted by Gasteiger charge is -2.30. The molecule has 63 heavy (non-hydrogen) atoms. The molecule has 0 bridgehead atoms. The summed E-state index contributed by atoms with van der Waals surface area (Å²) < 4.78 is 59.4. The van der Waals surface area contributed by atoms with E-state index in [0.717, 1.165) is 41.9 Å². The number of carbonyl (C=O) groups excluding carboxylic acids is 2. The summed E-state index contributed by atoms with van der Waals surface area (Å²) in [5, 5.41) is 6.14. The maximum absolute atomic E-state index is 12.5. The van der Waals surface area contributed by atoms with Crippen LogP contribution in [-0.4, -0.2) is 115 Å². The number of Topliss-reactive ketones (excluding diaryl/α,β-unsaturated/α-hetero) is 1. The largest absolute Gasteiger partial charge is 0.382 e. The summed E-state index contributed by atoms with van der Waals surface area (Å²) >= 11 is 0. The summed E-state index contributed by atoms with van der Waals surface area (Å²) in [5.74, 6) is -0.254. The third-order valence-electron chi connectivity index (χ3n) is 11.7. The Kier molecular flexibility index (Phi) is 20.2. The summed E-state index contributed by atoms with van der Waals surface area (Å²) in [4.78, 5) is 28.9. The van der Waals surface area contributed by atoms with Crippen molar-refractivity contribution in [3.63, 3.8) is 0 Å². The van der Waals surface area contributed by atoms with Crippen LogP contribution in [0.4, 0.5) is 11.4 Å². The van der Waals surface area contributed by atoms with Crippen LogP contribution in [0, 0.1) is 0 Å². The number of methoxy groups -OCH3 is 2. The van der Waals surface area contributed by atoms with Crippen molar-refractivity contribution in [2.45, 2.75) is 94.8 Å². The van der Waals surface area contributed by atoms with Gasteiger partial charge in [0.2, 0.25) is 11.6 Å². The average Bonchev–Trinajstić information content (AvgIpc) is 3.61. The van der Waals surface area contributed by atoms with E-state index < -0.39 is 15.5 Å². The second-order valence-corrected chi connectivity index (χ2v) is 17.9. The Morgan fingerprint density at radius 1 is 0.905 bits per heavy atom. The number of nitrogens with one attached hydrogen (secondary N) is 1. The van der Waals surface area contributed by atoms with Gasteiger partial charge in [0.05, 0.1) is 43.3 Å². The van der Waals surface area contributed by atoms with Gasteiger partial charge in [0, 0.05) is 86.2 Å². The van der Waals surface area contributed by atoms with Crippen LogP contribution < -0.4 is 10.2 Å². The molecule has 16 heteroatoms. The van der Waals surface area contributed by atoms with Gasteiger partial charge in [0.25, 0.3) is 10.1 Å². The predicted molar refractivity (Wildman–Crippen MR) is 246 cm³/mol. The minimum atomic E-state index is -4.47. The van der Waals surface area contributed by atoms with E-state index in [2.05, 4.69) is 88.9 Å². The van der Waals surface area contributed by atoms with Crippen LogP contribution in [0.2, 0.25) is 0 Å². The van der Waals surface area contributed by atoms with E-state index in [-0.39, 0.29) is 35.0 Å². The van der Waals surface area contributed by atoms with Crippen LogP contribution in [0.25, 0.3) is 10.4 Å². The zero-order chi connectivity index (χ0) is 45.9. The van der Waals surface area contributed by atoms with Gasteiger partial charge in [-0.05, 0) is 99.9 Å². The Balaban J connectivity index is 1.59. The maximum atomic E-state index is 12.5. The van der Waals surface area contributed by atoms with Gasteiger partial charge in [0.1, 0.15) is 12.4 Å². The number of fused-ring (bicyclic) bond motifs is 2. The van der Waals surface area contributed by atoms with E-state index in [0.29, 0.717) is 85.0 Å². The first-order valence-electron chi connectivity index (χ1n) is 21.9. The lowest BCUT2D eigenvalue weighted by atomic mass is 9.78. The highest BCUT2D eigenvalue weighted by Crippen LogP contribution is 2.51. The summed E-state index contributed by atoms with van der Waals surface area (Å²) in [6.07, 6.45) is 15.0. The molecule has 1 amide bonds. The average molecular weight is 892 g/mol. The Bertz CT molecular complexity index is 2160. The van der Waals surface area contributed by atoms with E-state index in [1.807, 2.05) is 12.2 Å². The topological polar surface area (TPSA) is 192 Å². The van der Waals surface area contributed by atoms with E-state index in [4.69, 9.17) is 24.5 Å².